The van der Waals surface area contributed by atoms with Crippen LogP contribution in [0.3, 0.4) is 0 Å². The van der Waals surface area contributed by atoms with Gasteiger partial charge >= 0.3 is 0 Å². The molecule has 2 saturated heterocycles. The Morgan fingerprint density at radius 2 is 2.12 bits per heavy atom. The molecule has 3 atom stereocenters. The van der Waals surface area contributed by atoms with E-state index < -0.39 is 18.4 Å². The highest BCUT2D eigenvalue weighted by Crippen LogP contribution is 2.31. The minimum absolute atomic E-state index is 0.226. The molecule has 2 N–H and O–H groups in total. The molecule has 0 aromatic carbocycles. The number of hydrogen-bond donors (Lipinski definition) is 2. The van der Waals surface area contributed by atoms with Crippen molar-refractivity contribution >= 4 is 23.2 Å². The first-order valence-corrected chi connectivity index (χ1v) is 8.71. The molecule has 2 aromatic heterocycles. The van der Waals surface area contributed by atoms with E-state index in [4.69, 9.17) is 9.47 Å². The van der Waals surface area contributed by atoms with Gasteiger partial charge in [-0.2, -0.15) is 0 Å². The number of aliphatic hydroxyl groups excluding tert-OH is 2. The fourth-order valence-corrected chi connectivity index (χ4v) is 3.22. The molecule has 0 bridgehead atoms. The van der Waals surface area contributed by atoms with E-state index in [9.17, 15) is 10.2 Å². The first-order valence-electron chi connectivity index (χ1n) is 8.71. The second-order valence-corrected chi connectivity index (χ2v) is 6.36. The lowest BCUT2D eigenvalue weighted by Gasteiger charge is -2.24. The number of morpholine rings is 1. The first kappa shape index (κ1) is 17.4. The van der Waals surface area contributed by atoms with Gasteiger partial charge in [0.25, 0.3) is 0 Å². The summed E-state index contributed by atoms with van der Waals surface area (Å²) in [6.45, 7) is 3.79. The highest BCUT2D eigenvalue weighted by Gasteiger charge is 2.35. The van der Waals surface area contributed by atoms with Crippen molar-refractivity contribution in [3.05, 3.63) is 12.7 Å². The Labute approximate surface area is 150 Å². The van der Waals surface area contributed by atoms with E-state index in [1.165, 1.54) is 6.33 Å². The number of aliphatic hydroxyl groups is 2. The Balaban J connectivity index is 1.52. The predicted molar refractivity (Wildman–Crippen MR) is 92.4 cm³/mol. The Kier molecular flexibility index (Phi) is 5.18. The molecular weight excluding hydrogens is 340 g/mol. The summed E-state index contributed by atoms with van der Waals surface area (Å²) in [6, 6.07) is 0. The molecular formula is C16H22N6O4. The summed E-state index contributed by atoms with van der Waals surface area (Å²) in [5.74, 6) is 0.499. The molecule has 140 valence electrons. The highest BCUT2D eigenvalue weighted by molar-refractivity contribution is 5.83. The Bertz CT molecular complexity index is 775. The van der Waals surface area contributed by atoms with Crippen LogP contribution in [-0.2, 0) is 9.47 Å². The van der Waals surface area contributed by atoms with Gasteiger partial charge < -0.3 is 19.7 Å². The lowest BCUT2D eigenvalue weighted by Crippen LogP contribution is -2.37. The minimum atomic E-state index is -0.713. The molecule has 10 heteroatoms. The van der Waals surface area contributed by atoms with Crippen molar-refractivity contribution in [2.75, 3.05) is 39.5 Å². The zero-order valence-corrected chi connectivity index (χ0v) is 14.3. The number of ether oxygens (including phenoxy) is 2. The maximum absolute atomic E-state index is 9.94. The topological polar surface area (TPSA) is 118 Å². The van der Waals surface area contributed by atoms with Gasteiger partial charge in [0.1, 0.15) is 18.7 Å². The highest BCUT2D eigenvalue weighted by atomic mass is 16.5. The van der Waals surface area contributed by atoms with Crippen LogP contribution < -0.4 is 0 Å². The lowest BCUT2D eigenvalue weighted by molar-refractivity contribution is -0.0432. The molecule has 4 rings (SSSR count). The van der Waals surface area contributed by atoms with E-state index in [-0.39, 0.29) is 6.61 Å². The van der Waals surface area contributed by atoms with E-state index in [0.29, 0.717) is 23.4 Å². The SMILES string of the molecule is OC[C@H]1O[C@@H](n2cnc3c(N=CCN4CCOCC4)ncnc32)C[C@@H]1O. The van der Waals surface area contributed by atoms with Gasteiger partial charge in [0, 0.05) is 32.3 Å². The van der Waals surface area contributed by atoms with Crippen LogP contribution in [0.25, 0.3) is 11.2 Å². The van der Waals surface area contributed by atoms with E-state index in [2.05, 4.69) is 24.8 Å². The van der Waals surface area contributed by atoms with Crippen molar-refractivity contribution in [2.24, 2.45) is 4.99 Å². The van der Waals surface area contributed by atoms with Gasteiger partial charge in [-0.1, -0.05) is 0 Å². The largest absolute Gasteiger partial charge is 0.394 e. The van der Waals surface area contributed by atoms with Crippen LogP contribution >= 0.6 is 0 Å². The fraction of sp³-hybridized carbons (Fsp3) is 0.625. The summed E-state index contributed by atoms with van der Waals surface area (Å²) in [5.41, 5.74) is 1.17. The maximum atomic E-state index is 9.94. The molecule has 0 saturated carbocycles. The van der Waals surface area contributed by atoms with Crippen molar-refractivity contribution < 1.29 is 19.7 Å². The number of nitrogens with zero attached hydrogens (tertiary/aromatic N) is 6. The third-order valence-electron chi connectivity index (χ3n) is 4.69. The third-order valence-corrected chi connectivity index (χ3v) is 4.69. The molecule has 2 aliphatic heterocycles. The molecule has 0 unspecified atom stereocenters. The van der Waals surface area contributed by atoms with Gasteiger partial charge in [-0.3, -0.25) is 9.47 Å². The number of aromatic nitrogens is 4. The average molecular weight is 362 g/mol. The summed E-state index contributed by atoms with van der Waals surface area (Å²) in [5, 5.41) is 19.2. The summed E-state index contributed by atoms with van der Waals surface area (Å²) >= 11 is 0. The normalized spacial score (nSPS) is 27.7. The number of hydrogen-bond acceptors (Lipinski definition) is 9. The van der Waals surface area contributed by atoms with E-state index in [1.807, 2.05) is 6.21 Å². The molecule has 10 nitrogen and oxygen atoms in total. The summed E-state index contributed by atoms with van der Waals surface area (Å²) in [6.07, 6.45) is 3.52. The number of imidazole rings is 1. The number of aliphatic imine (C=N–C) groups is 1. The van der Waals surface area contributed by atoms with Crippen LogP contribution in [0.15, 0.2) is 17.6 Å². The predicted octanol–water partition coefficient (Wildman–Crippen LogP) is -0.498. The molecule has 2 aromatic rings. The third kappa shape index (κ3) is 3.46. The smallest absolute Gasteiger partial charge is 0.183 e. The van der Waals surface area contributed by atoms with Crippen LogP contribution in [-0.4, -0.2) is 92.5 Å². The van der Waals surface area contributed by atoms with Crippen LogP contribution in [0, 0.1) is 0 Å². The molecule has 2 fully saturated rings. The van der Waals surface area contributed by atoms with Crippen molar-refractivity contribution in [3.63, 3.8) is 0 Å². The van der Waals surface area contributed by atoms with Crippen LogP contribution in [0.2, 0.25) is 0 Å². The second-order valence-electron chi connectivity index (χ2n) is 6.36. The number of rotatable bonds is 5. The molecule has 0 amide bonds. The Hall–Kier alpha value is -1.98. The summed E-state index contributed by atoms with van der Waals surface area (Å²) in [4.78, 5) is 19.6. The van der Waals surface area contributed by atoms with Gasteiger partial charge in [-0.05, 0) is 0 Å². The minimum Gasteiger partial charge on any atom is -0.394 e. The van der Waals surface area contributed by atoms with Gasteiger partial charge in [-0.15, -0.1) is 0 Å². The molecule has 0 aliphatic carbocycles. The molecule has 0 spiro atoms. The standard InChI is InChI=1S/C16H22N6O4/c23-8-12-11(24)7-13(26-12)22-10-20-14-15(18-9-19-16(14)22)17-1-2-21-3-5-25-6-4-21/h1,9-13,23-24H,2-8H2/t11-,12+,13+/m0/s1. The Morgan fingerprint density at radius 3 is 2.88 bits per heavy atom. The monoisotopic (exact) mass is 362 g/mol. The quantitative estimate of drug-likeness (QED) is 0.684. The fourth-order valence-electron chi connectivity index (χ4n) is 3.22. The van der Waals surface area contributed by atoms with Crippen LogP contribution in [0.4, 0.5) is 5.82 Å². The maximum Gasteiger partial charge on any atom is 0.183 e. The van der Waals surface area contributed by atoms with E-state index in [0.717, 1.165) is 32.8 Å². The molecule has 4 heterocycles. The Morgan fingerprint density at radius 1 is 1.27 bits per heavy atom. The van der Waals surface area contributed by atoms with Gasteiger partial charge in [0.05, 0.1) is 32.3 Å². The molecule has 0 radical (unpaired) electrons. The molecule has 26 heavy (non-hydrogen) atoms. The zero-order valence-electron chi connectivity index (χ0n) is 14.3. The van der Waals surface area contributed by atoms with Crippen molar-refractivity contribution in [1.82, 2.24) is 24.4 Å². The van der Waals surface area contributed by atoms with Crippen LogP contribution in [0.5, 0.6) is 0 Å². The lowest BCUT2D eigenvalue weighted by atomic mass is 10.2. The van der Waals surface area contributed by atoms with Crippen LogP contribution in [0.1, 0.15) is 12.6 Å². The van der Waals surface area contributed by atoms with E-state index >= 15 is 0 Å². The summed E-state index contributed by atoms with van der Waals surface area (Å²) < 4.78 is 12.8. The van der Waals surface area contributed by atoms with Gasteiger partial charge in [0.2, 0.25) is 0 Å². The average Bonchev–Trinajstić information content (AvgIpc) is 3.26. The van der Waals surface area contributed by atoms with E-state index in [1.54, 1.807) is 10.9 Å². The van der Waals surface area contributed by atoms with Gasteiger partial charge in [-0.25, -0.2) is 19.9 Å². The summed E-state index contributed by atoms with van der Waals surface area (Å²) in [7, 11) is 0. The number of fused-ring (bicyclic) bond motifs is 1. The van der Waals surface area contributed by atoms with Crippen molar-refractivity contribution in [2.45, 2.75) is 24.9 Å². The first-order chi connectivity index (χ1) is 12.8. The van der Waals surface area contributed by atoms with Crippen molar-refractivity contribution in [1.29, 1.82) is 0 Å². The molecule has 2 aliphatic rings. The second kappa shape index (κ2) is 7.72. The van der Waals surface area contributed by atoms with Crippen molar-refractivity contribution in [3.8, 4) is 0 Å². The zero-order chi connectivity index (χ0) is 17.9. The van der Waals surface area contributed by atoms with Gasteiger partial charge in [0.15, 0.2) is 17.0 Å².